The zero-order valence-corrected chi connectivity index (χ0v) is 11.5. The van der Waals surface area contributed by atoms with Crippen LogP contribution < -0.4 is 0 Å². The molecule has 2 rings (SSSR count). The third kappa shape index (κ3) is 2.54. The normalized spacial score (nSPS) is 11.1. The van der Waals surface area contributed by atoms with Crippen LogP contribution in [0.25, 0.3) is 10.9 Å². The molecule has 20 heavy (non-hydrogen) atoms. The minimum Gasteiger partial charge on any atom is -0.443 e. The van der Waals surface area contributed by atoms with Crippen molar-refractivity contribution >= 4 is 23.3 Å². The van der Waals surface area contributed by atoms with E-state index in [0.29, 0.717) is 22.8 Å². The highest BCUT2D eigenvalue weighted by atomic mass is 16.6. The van der Waals surface area contributed by atoms with Gasteiger partial charge in [0.2, 0.25) is 0 Å². The van der Waals surface area contributed by atoms with Crippen LogP contribution in [0.5, 0.6) is 0 Å². The number of fused-ring (bicyclic) bond motifs is 1. The second-order valence-corrected chi connectivity index (χ2v) is 5.39. The van der Waals surface area contributed by atoms with Crippen LogP contribution in [0, 0.1) is 11.3 Å². The van der Waals surface area contributed by atoms with Crippen molar-refractivity contribution < 1.29 is 14.3 Å². The Kier molecular flexibility index (Phi) is 3.33. The Morgan fingerprint density at radius 1 is 1.35 bits per heavy atom. The predicted octanol–water partition coefficient (Wildman–Crippen LogP) is 3.11. The van der Waals surface area contributed by atoms with Crippen LogP contribution in [0.2, 0.25) is 0 Å². The molecular weight excluding hydrogens is 256 g/mol. The van der Waals surface area contributed by atoms with Gasteiger partial charge in [-0.05, 0) is 45.0 Å². The molecule has 0 radical (unpaired) electrons. The maximum absolute atomic E-state index is 12.2. The molecule has 0 fully saturated rings. The molecular formula is C15H14N2O3. The highest BCUT2D eigenvalue weighted by Gasteiger charge is 2.21. The van der Waals surface area contributed by atoms with E-state index in [-0.39, 0.29) is 5.69 Å². The van der Waals surface area contributed by atoms with Gasteiger partial charge in [-0.25, -0.2) is 9.36 Å². The molecule has 5 heteroatoms. The van der Waals surface area contributed by atoms with Gasteiger partial charge in [-0.2, -0.15) is 5.26 Å². The zero-order chi connectivity index (χ0) is 14.9. The molecule has 5 nitrogen and oxygen atoms in total. The molecule has 0 saturated carbocycles. The number of rotatable bonds is 1. The Morgan fingerprint density at radius 3 is 2.60 bits per heavy atom. The molecule has 0 aliphatic rings. The van der Waals surface area contributed by atoms with Gasteiger partial charge < -0.3 is 4.74 Å². The van der Waals surface area contributed by atoms with E-state index in [1.165, 1.54) is 4.57 Å². The average molecular weight is 270 g/mol. The van der Waals surface area contributed by atoms with E-state index < -0.39 is 11.7 Å². The molecule has 0 amide bonds. The van der Waals surface area contributed by atoms with E-state index in [9.17, 15) is 9.59 Å². The standard InChI is InChI=1S/C15H14N2O3/c1-15(2,3)20-14(19)17-12(9-18)7-11-6-10(8-16)4-5-13(11)17/h4-7,9H,1-3H3. The second kappa shape index (κ2) is 4.82. The van der Waals surface area contributed by atoms with Crippen molar-refractivity contribution in [1.82, 2.24) is 4.57 Å². The monoisotopic (exact) mass is 270 g/mol. The number of carbonyl (C=O) groups excluding carboxylic acids is 2. The molecule has 0 aliphatic carbocycles. The van der Waals surface area contributed by atoms with Gasteiger partial charge in [0.25, 0.3) is 0 Å². The van der Waals surface area contributed by atoms with Crippen LogP contribution in [-0.2, 0) is 4.74 Å². The van der Waals surface area contributed by atoms with Crippen LogP contribution in [0.1, 0.15) is 36.8 Å². The van der Waals surface area contributed by atoms with Crippen molar-refractivity contribution in [3.63, 3.8) is 0 Å². The Balaban J connectivity index is 2.60. The van der Waals surface area contributed by atoms with E-state index in [0.717, 1.165) is 0 Å². The third-order valence-electron chi connectivity index (χ3n) is 2.66. The molecule has 0 aliphatic heterocycles. The molecule has 0 N–H and O–H groups in total. The van der Waals surface area contributed by atoms with E-state index in [4.69, 9.17) is 10.00 Å². The van der Waals surface area contributed by atoms with Crippen LogP contribution in [0.3, 0.4) is 0 Å². The van der Waals surface area contributed by atoms with Gasteiger partial charge in [-0.15, -0.1) is 0 Å². The molecule has 0 atom stereocenters. The topological polar surface area (TPSA) is 72.1 Å². The number of nitrogens with zero attached hydrogens (tertiary/aromatic N) is 2. The Hall–Kier alpha value is -2.61. The van der Waals surface area contributed by atoms with Crippen molar-refractivity contribution in [3.05, 3.63) is 35.5 Å². The van der Waals surface area contributed by atoms with Crippen molar-refractivity contribution in [1.29, 1.82) is 5.26 Å². The van der Waals surface area contributed by atoms with E-state index in [1.807, 2.05) is 6.07 Å². The van der Waals surface area contributed by atoms with Gasteiger partial charge in [0, 0.05) is 5.39 Å². The van der Waals surface area contributed by atoms with Gasteiger partial charge in [0.15, 0.2) is 6.29 Å². The predicted molar refractivity (Wildman–Crippen MR) is 73.7 cm³/mol. The molecule has 1 aromatic heterocycles. The van der Waals surface area contributed by atoms with Crippen molar-refractivity contribution in [3.8, 4) is 6.07 Å². The van der Waals surface area contributed by atoms with Gasteiger partial charge >= 0.3 is 6.09 Å². The average Bonchev–Trinajstić information content (AvgIpc) is 2.73. The minimum absolute atomic E-state index is 0.198. The maximum atomic E-state index is 12.2. The molecule has 2 aromatic rings. The number of aldehydes is 1. The highest BCUT2D eigenvalue weighted by Crippen LogP contribution is 2.22. The fraction of sp³-hybridized carbons (Fsp3) is 0.267. The highest BCUT2D eigenvalue weighted by molar-refractivity contribution is 5.97. The van der Waals surface area contributed by atoms with Gasteiger partial charge in [-0.1, -0.05) is 0 Å². The largest absolute Gasteiger partial charge is 0.443 e. The fourth-order valence-corrected chi connectivity index (χ4v) is 1.90. The van der Waals surface area contributed by atoms with Gasteiger partial charge in [0.05, 0.1) is 22.8 Å². The van der Waals surface area contributed by atoms with Crippen LogP contribution in [0.4, 0.5) is 4.79 Å². The lowest BCUT2D eigenvalue weighted by molar-refractivity contribution is 0.0538. The summed E-state index contributed by atoms with van der Waals surface area (Å²) < 4.78 is 6.51. The first-order chi connectivity index (χ1) is 9.35. The lowest BCUT2D eigenvalue weighted by atomic mass is 10.2. The zero-order valence-electron chi connectivity index (χ0n) is 11.5. The Labute approximate surface area is 116 Å². The van der Waals surface area contributed by atoms with Gasteiger partial charge in [0.1, 0.15) is 5.60 Å². The SMILES string of the molecule is CC(C)(C)OC(=O)n1c(C=O)cc2cc(C#N)ccc21. The summed E-state index contributed by atoms with van der Waals surface area (Å²) in [6, 6.07) is 8.44. The van der Waals surface area contributed by atoms with Crippen molar-refractivity contribution in [2.24, 2.45) is 0 Å². The summed E-state index contributed by atoms with van der Waals surface area (Å²) in [6.07, 6.45) is -0.0185. The number of hydrogen-bond donors (Lipinski definition) is 0. The smallest absolute Gasteiger partial charge is 0.419 e. The van der Waals surface area contributed by atoms with Crippen molar-refractivity contribution in [2.75, 3.05) is 0 Å². The molecule has 1 aromatic carbocycles. The van der Waals surface area contributed by atoms with Gasteiger partial charge in [-0.3, -0.25) is 4.79 Å². The summed E-state index contributed by atoms with van der Waals surface area (Å²) >= 11 is 0. The summed E-state index contributed by atoms with van der Waals surface area (Å²) in [5.74, 6) is 0. The van der Waals surface area contributed by atoms with Crippen molar-refractivity contribution in [2.45, 2.75) is 26.4 Å². The second-order valence-electron chi connectivity index (χ2n) is 5.39. The lowest BCUT2D eigenvalue weighted by Gasteiger charge is -2.20. The quantitative estimate of drug-likeness (QED) is 0.746. The van der Waals surface area contributed by atoms with E-state index in [1.54, 1.807) is 45.0 Å². The number of hydrogen-bond acceptors (Lipinski definition) is 4. The number of benzene rings is 1. The molecule has 102 valence electrons. The molecule has 0 saturated heterocycles. The fourth-order valence-electron chi connectivity index (χ4n) is 1.90. The molecule has 0 unspecified atom stereocenters. The lowest BCUT2D eigenvalue weighted by Crippen LogP contribution is -2.27. The Morgan fingerprint density at radius 2 is 2.05 bits per heavy atom. The first kappa shape index (κ1) is 13.8. The summed E-state index contributed by atoms with van der Waals surface area (Å²) in [5.41, 5.74) is 0.557. The minimum atomic E-state index is -0.652. The summed E-state index contributed by atoms with van der Waals surface area (Å²) in [6.45, 7) is 5.26. The first-order valence-electron chi connectivity index (χ1n) is 6.10. The number of nitriles is 1. The van der Waals surface area contributed by atoms with Crippen LogP contribution in [-0.4, -0.2) is 22.5 Å². The molecule has 0 spiro atoms. The molecule has 1 heterocycles. The number of ether oxygens (including phenoxy) is 1. The summed E-state index contributed by atoms with van der Waals surface area (Å²) in [7, 11) is 0. The van der Waals surface area contributed by atoms with E-state index >= 15 is 0 Å². The van der Waals surface area contributed by atoms with Crippen LogP contribution >= 0.6 is 0 Å². The van der Waals surface area contributed by atoms with Crippen LogP contribution in [0.15, 0.2) is 24.3 Å². The molecule has 0 bridgehead atoms. The third-order valence-corrected chi connectivity index (χ3v) is 2.66. The van der Waals surface area contributed by atoms with E-state index in [2.05, 4.69) is 0 Å². The summed E-state index contributed by atoms with van der Waals surface area (Å²) in [5, 5.41) is 9.52. The Bertz CT molecular complexity index is 730. The first-order valence-corrected chi connectivity index (χ1v) is 6.10. The maximum Gasteiger partial charge on any atom is 0.419 e. The number of carbonyl (C=O) groups is 2. The summed E-state index contributed by atoms with van der Waals surface area (Å²) in [4.78, 5) is 23.3. The number of aromatic nitrogens is 1.